The Morgan fingerprint density at radius 1 is 1.21 bits per heavy atom. The van der Waals surface area contributed by atoms with Crippen molar-refractivity contribution in [2.24, 2.45) is 0 Å². The molecule has 0 saturated carbocycles. The van der Waals surface area contributed by atoms with Crippen molar-refractivity contribution in [3.63, 3.8) is 0 Å². The van der Waals surface area contributed by atoms with Crippen LogP contribution in [-0.4, -0.2) is 13.1 Å². The minimum absolute atomic E-state index is 0.397. The van der Waals surface area contributed by atoms with Crippen LogP contribution in [-0.2, 0) is 20.0 Å². The zero-order valence-electron chi connectivity index (χ0n) is 8.61. The van der Waals surface area contributed by atoms with Gasteiger partial charge < -0.3 is 0 Å². The predicted octanol–water partition coefficient (Wildman–Crippen LogP) is 2.07. The molecule has 3 nitrogen and oxygen atoms in total. The lowest BCUT2D eigenvalue weighted by Gasteiger charge is -2.21. The summed E-state index contributed by atoms with van der Waals surface area (Å²) < 4.78 is 0. The summed E-state index contributed by atoms with van der Waals surface area (Å²) in [5.41, 5.74) is 0.221. The zero-order valence-corrected chi connectivity index (χ0v) is 8.61. The molecule has 3 heteroatoms. The Kier molecular flexibility index (Phi) is 3.25. The van der Waals surface area contributed by atoms with Crippen molar-refractivity contribution in [3.8, 4) is 0 Å². The molecule has 1 rings (SSSR count). The normalized spacial score (nSPS) is 11.1. The predicted molar refractivity (Wildman–Crippen MR) is 52.6 cm³/mol. The Hall–Kier alpha value is -1.35. The van der Waals surface area contributed by atoms with Crippen LogP contribution in [0.15, 0.2) is 30.3 Å². The number of carbonyl (C=O) groups excluding carboxylic acids is 1. The van der Waals surface area contributed by atoms with Crippen LogP contribution in [0.4, 0.5) is 0 Å². The first-order valence-corrected chi connectivity index (χ1v) is 4.39. The van der Waals surface area contributed by atoms with E-state index in [1.165, 1.54) is 7.11 Å². The van der Waals surface area contributed by atoms with E-state index < -0.39 is 11.4 Å². The van der Waals surface area contributed by atoms with Gasteiger partial charge in [0.25, 0.3) is 0 Å². The average Bonchev–Trinajstić information content (AvgIpc) is 2.19. The van der Waals surface area contributed by atoms with Gasteiger partial charge in [0.15, 0.2) is 0 Å². The lowest BCUT2D eigenvalue weighted by molar-refractivity contribution is -0.259. The van der Waals surface area contributed by atoms with Crippen molar-refractivity contribution in [2.75, 3.05) is 7.11 Å². The van der Waals surface area contributed by atoms with Gasteiger partial charge in [0.2, 0.25) is 0 Å². The Labute approximate surface area is 83.6 Å². The first kappa shape index (κ1) is 10.7. The molecule has 0 radical (unpaired) electrons. The van der Waals surface area contributed by atoms with Crippen LogP contribution in [0.2, 0.25) is 0 Å². The average molecular weight is 194 g/mol. The highest BCUT2D eigenvalue weighted by Crippen LogP contribution is 2.24. The molecule has 0 fully saturated rings. The van der Waals surface area contributed by atoms with E-state index in [4.69, 9.17) is 0 Å². The molecule has 0 amide bonds. The van der Waals surface area contributed by atoms with E-state index in [0.717, 1.165) is 5.56 Å². The fourth-order valence-electron chi connectivity index (χ4n) is 1.15. The quantitative estimate of drug-likeness (QED) is 0.545. The highest BCUT2D eigenvalue weighted by atomic mass is 17.2. The second-order valence-electron chi connectivity index (χ2n) is 3.53. The third-order valence-electron chi connectivity index (χ3n) is 2.16. The molecule has 0 aliphatic heterocycles. The summed E-state index contributed by atoms with van der Waals surface area (Å²) in [6.07, 6.45) is 0. The second-order valence-corrected chi connectivity index (χ2v) is 3.53. The highest BCUT2D eigenvalue weighted by Gasteiger charge is 2.32. The minimum atomic E-state index is -0.683. The molecule has 0 atom stereocenters. The topological polar surface area (TPSA) is 35.5 Å². The van der Waals surface area contributed by atoms with Crippen LogP contribution in [0, 0.1) is 0 Å². The molecule has 1 aromatic carbocycles. The van der Waals surface area contributed by atoms with Crippen molar-refractivity contribution < 1.29 is 14.6 Å². The van der Waals surface area contributed by atoms with E-state index in [1.807, 2.05) is 30.3 Å². The van der Waals surface area contributed by atoms with Crippen LogP contribution in [0.25, 0.3) is 0 Å². The molecule has 14 heavy (non-hydrogen) atoms. The van der Waals surface area contributed by atoms with Crippen molar-refractivity contribution in [2.45, 2.75) is 19.3 Å². The van der Waals surface area contributed by atoms with E-state index >= 15 is 0 Å². The molecular weight excluding hydrogens is 180 g/mol. The molecule has 76 valence electrons. The van der Waals surface area contributed by atoms with Gasteiger partial charge in [-0.2, -0.15) is 4.89 Å². The molecule has 0 saturated heterocycles. The SMILES string of the molecule is COOC(=O)C(C)(C)c1ccccc1. The number of hydrogen-bond acceptors (Lipinski definition) is 3. The molecule has 0 aromatic heterocycles. The highest BCUT2D eigenvalue weighted by molar-refractivity contribution is 5.81. The van der Waals surface area contributed by atoms with E-state index in [0.29, 0.717) is 0 Å². The molecule has 0 aliphatic carbocycles. The molecule has 0 unspecified atom stereocenters. The van der Waals surface area contributed by atoms with Gasteiger partial charge in [0.05, 0.1) is 12.5 Å². The van der Waals surface area contributed by atoms with Crippen molar-refractivity contribution >= 4 is 5.97 Å². The second kappa shape index (κ2) is 4.24. The maximum atomic E-state index is 11.5. The van der Waals surface area contributed by atoms with E-state index in [1.54, 1.807) is 13.8 Å². The number of rotatable bonds is 3. The van der Waals surface area contributed by atoms with Gasteiger partial charge in [0, 0.05) is 0 Å². The van der Waals surface area contributed by atoms with Crippen LogP contribution in [0.3, 0.4) is 0 Å². The fraction of sp³-hybridized carbons (Fsp3) is 0.364. The molecule has 0 aliphatic rings. The minimum Gasteiger partial charge on any atom is -0.298 e. The maximum Gasteiger partial charge on any atom is 0.352 e. The molecular formula is C11H14O3. The van der Waals surface area contributed by atoms with Crippen LogP contribution in [0.5, 0.6) is 0 Å². The Morgan fingerprint density at radius 2 is 1.79 bits per heavy atom. The van der Waals surface area contributed by atoms with E-state index in [2.05, 4.69) is 9.78 Å². The molecule has 1 aromatic rings. The van der Waals surface area contributed by atoms with Crippen LogP contribution >= 0.6 is 0 Å². The number of hydrogen-bond donors (Lipinski definition) is 0. The summed E-state index contributed by atoms with van der Waals surface area (Å²) in [5.74, 6) is -0.397. The Bertz CT molecular complexity index is 304. The number of carbonyl (C=O) groups is 1. The summed E-state index contributed by atoms with van der Waals surface area (Å²) >= 11 is 0. The van der Waals surface area contributed by atoms with Gasteiger partial charge in [-0.05, 0) is 19.4 Å². The third-order valence-corrected chi connectivity index (χ3v) is 2.16. The Balaban J connectivity index is 2.90. The van der Waals surface area contributed by atoms with Gasteiger partial charge in [-0.15, -0.1) is 0 Å². The maximum absolute atomic E-state index is 11.5. The van der Waals surface area contributed by atoms with Crippen LogP contribution in [0.1, 0.15) is 19.4 Å². The van der Waals surface area contributed by atoms with Gasteiger partial charge in [-0.1, -0.05) is 30.3 Å². The van der Waals surface area contributed by atoms with Gasteiger partial charge in [0.1, 0.15) is 0 Å². The summed E-state index contributed by atoms with van der Waals surface area (Å²) in [5, 5.41) is 0. The third kappa shape index (κ3) is 2.12. The van der Waals surface area contributed by atoms with E-state index in [9.17, 15) is 4.79 Å². The van der Waals surface area contributed by atoms with Crippen LogP contribution < -0.4 is 0 Å². The summed E-state index contributed by atoms with van der Waals surface area (Å²) in [6.45, 7) is 3.59. The van der Waals surface area contributed by atoms with Gasteiger partial charge in [-0.25, -0.2) is 4.79 Å². The van der Waals surface area contributed by atoms with Gasteiger partial charge >= 0.3 is 5.97 Å². The molecule has 0 N–H and O–H groups in total. The molecule has 0 spiro atoms. The fourth-order valence-corrected chi connectivity index (χ4v) is 1.15. The number of benzene rings is 1. The lowest BCUT2D eigenvalue weighted by atomic mass is 9.85. The van der Waals surface area contributed by atoms with E-state index in [-0.39, 0.29) is 0 Å². The van der Waals surface area contributed by atoms with Crippen molar-refractivity contribution in [1.29, 1.82) is 0 Å². The summed E-state index contributed by atoms with van der Waals surface area (Å²) in [4.78, 5) is 20.4. The summed E-state index contributed by atoms with van der Waals surface area (Å²) in [7, 11) is 1.32. The lowest BCUT2D eigenvalue weighted by Crippen LogP contribution is -2.30. The largest absolute Gasteiger partial charge is 0.352 e. The van der Waals surface area contributed by atoms with Crippen molar-refractivity contribution in [3.05, 3.63) is 35.9 Å². The Morgan fingerprint density at radius 3 is 2.29 bits per heavy atom. The standard InChI is InChI=1S/C11H14O3/c1-11(2,10(12)14-13-3)9-7-5-4-6-8-9/h4-8H,1-3H3. The van der Waals surface area contributed by atoms with Crippen molar-refractivity contribution in [1.82, 2.24) is 0 Å². The molecule has 0 bridgehead atoms. The monoisotopic (exact) mass is 194 g/mol. The zero-order chi connectivity index (χ0) is 10.6. The smallest absolute Gasteiger partial charge is 0.298 e. The molecule has 0 heterocycles. The summed E-state index contributed by atoms with van der Waals surface area (Å²) in [6, 6.07) is 9.45. The van der Waals surface area contributed by atoms with Gasteiger partial charge in [-0.3, -0.25) is 4.89 Å². The first-order chi connectivity index (χ1) is 6.59. The first-order valence-electron chi connectivity index (χ1n) is 4.39.